The zero-order valence-corrected chi connectivity index (χ0v) is 11.7. The first-order chi connectivity index (χ1) is 5.38. The Morgan fingerprint density at radius 3 is 2.20 bits per heavy atom. The van der Waals surface area contributed by atoms with E-state index in [0.29, 0.717) is 0 Å². The second-order valence-electron chi connectivity index (χ2n) is 2.76. The van der Waals surface area contributed by atoms with Gasteiger partial charge >= 0.3 is 21.7 Å². The van der Waals surface area contributed by atoms with Crippen LogP contribution in [0.3, 0.4) is 0 Å². The first-order valence-electron chi connectivity index (χ1n) is 3.83. The maximum absolute atomic E-state index is 11.2. The van der Waals surface area contributed by atoms with E-state index in [0.717, 1.165) is 18.4 Å². The van der Waals surface area contributed by atoms with Gasteiger partial charge in [-0.3, -0.25) is 0 Å². The second-order valence-corrected chi connectivity index (χ2v) is 2.76. The van der Waals surface area contributed by atoms with Crippen LogP contribution < -0.4 is 42.3 Å². The van der Waals surface area contributed by atoms with Crippen LogP contribution in [-0.2, 0) is 28.1 Å². The van der Waals surface area contributed by atoms with Crippen LogP contribution in [0.25, 0.3) is 5.76 Å². The van der Waals surface area contributed by atoms with E-state index in [1.54, 1.807) is 6.08 Å². The van der Waals surface area contributed by atoms with E-state index in [1.807, 2.05) is 24.3 Å². The summed E-state index contributed by atoms with van der Waals surface area (Å²) >= 11 is 0. The van der Waals surface area contributed by atoms with Crippen molar-refractivity contribution in [1.82, 2.24) is 0 Å². The zero-order valence-electron chi connectivity index (χ0n) is 7.84. The molecule has 2 rings (SSSR count). The summed E-state index contributed by atoms with van der Waals surface area (Å²) in [5.41, 5.74) is 2.08. The van der Waals surface area contributed by atoms with Crippen LogP contribution in [0.4, 0.5) is 0 Å². The van der Waals surface area contributed by atoms with Gasteiger partial charge in [-0.2, -0.15) is 0 Å². The van der Waals surface area contributed by atoms with Gasteiger partial charge in [0.05, 0.1) is 0 Å². The maximum atomic E-state index is 11.2. The van der Waals surface area contributed by atoms with Crippen molar-refractivity contribution in [3.05, 3.63) is 41.5 Å². The van der Waals surface area contributed by atoms with E-state index in [4.69, 9.17) is 0 Å². The first kappa shape index (κ1) is 20.7. The van der Waals surface area contributed by atoms with Crippen LogP contribution in [0, 0.1) is 0 Å². The van der Waals surface area contributed by atoms with Crippen LogP contribution in [0.5, 0.6) is 0 Å². The minimum absolute atomic E-state index is 0. The topological polar surface area (TPSA) is 23.1 Å². The van der Waals surface area contributed by atoms with Crippen molar-refractivity contribution in [1.29, 1.82) is 0 Å². The van der Waals surface area contributed by atoms with Gasteiger partial charge in [0.2, 0.25) is 0 Å². The van der Waals surface area contributed by atoms with Crippen molar-refractivity contribution >= 4 is 5.76 Å². The first-order valence-corrected chi connectivity index (χ1v) is 3.83. The third-order valence-corrected chi connectivity index (χ3v) is 2.03. The molecule has 0 bridgehead atoms. The number of benzene rings is 1. The Morgan fingerprint density at radius 1 is 1.00 bits per heavy atom. The van der Waals surface area contributed by atoms with Crippen molar-refractivity contribution in [3.8, 4) is 0 Å². The minimum Gasteiger partial charge on any atom is -1.00 e. The molecule has 0 saturated carbocycles. The second kappa shape index (κ2) is 9.56. The summed E-state index contributed by atoms with van der Waals surface area (Å²) in [6.07, 6.45) is 3.68. The zero-order chi connectivity index (χ0) is 7.68. The Morgan fingerprint density at radius 2 is 1.60 bits per heavy atom. The summed E-state index contributed by atoms with van der Waals surface area (Å²) in [6, 6.07) is 7.82. The number of aryl methyl sites for hydroxylation is 1. The summed E-state index contributed by atoms with van der Waals surface area (Å²) in [4.78, 5) is 0. The van der Waals surface area contributed by atoms with Gasteiger partial charge in [0.25, 0.3) is 0 Å². The van der Waals surface area contributed by atoms with Crippen molar-refractivity contribution in [2.75, 3.05) is 0 Å². The van der Waals surface area contributed by atoms with Gasteiger partial charge in [-0.25, -0.2) is 0 Å². The Kier molecular flexibility index (Phi) is 13.2. The molecular formula is C10H9Cl3OTi. The van der Waals surface area contributed by atoms with Gasteiger partial charge in [0, 0.05) is 0 Å². The Bertz CT molecular complexity index is 315. The molecule has 0 saturated heterocycles. The number of allylic oxidation sites excluding steroid dienone is 1. The van der Waals surface area contributed by atoms with Crippen LogP contribution in [0.1, 0.15) is 17.5 Å². The van der Waals surface area contributed by atoms with Crippen LogP contribution in [-0.4, -0.2) is 0 Å². The predicted octanol–water partition coefficient (Wildman–Crippen LogP) is -7.66. The molecule has 5 heteroatoms. The summed E-state index contributed by atoms with van der Waals surface area (Å²) in [7, 11) is 0. The van der Waals surface area contributed by atoms with E-state index in [1.165, 1.54) is 5.56 Å². The molecule has 1 aromatic rings. The molecule has 1 aliphatic rings. The van der Waals surface area contributed by atoms with Crippen LogP contribution in [0.2, 0.25) is 0 Å². The van der Waals surface area contributed by atoms with Gasteiger partial charge < -0.3 is 42.3 Å². The average Bonchev–Trinajstić information content (AvgIpc) is 2.06. The predicted molar refractivity (Wildman–Crippen MR) is 42.7 cm³/mol. The molecule has 0 N–H and O–H groups in total. The SMILES string of the molecule is [Cl-].[Cl-].[Cl-].[O-]C1=CCCc2ccccc21.[Ti+4]. The van der Waals surface area contributed by atoms with Gasteiger partial charge in [0.1, 0.15) is 0 Å². The molecule has 0 heterocycles. The summed E-state index contributed by atoms with van der Waals surface area (Å²) in [5.74, 6) is 0.187. The molecule has 0 spiro atoms. The van der Waals surface area contributed by atoms with Crippen molar-refractivity contribution in [2.45, 2.75) is 12.8 Å². The number of hydrogen-bond donors (Lipinski definition) is 0. The number of hydrogen-bond acceptors (Lipinski definition) is 1. The summed E-state index contributed by atoms with van der Waals surface area (Å²) < 4.78 is 0. The van der Waals surface area contributed by atoms with E-state index < -0.39 is 0 Å². The maximum Gasteiger partial charge on any atom is 4.00 e. The molecule has 0 atom stereocenters. The molecule has 15 heavy (non-hydrogen) atoms. The van der Waals surface area contributed by atoms with Gasteiger partial charge in [-0.15, -0.1) is 5.76 Å². The van der Waals surface area contributed by atoms with E-state index in [9.17, 15) is 5.11 Å². The Balaban J connectivity index is -0.000000360. The molecule has 1 aliphatic carbocycles. The molecule has 1 nitrogen and oxygen atoms in total. The monoisotopic (exact) mass is 298 g/mol. The molecular weight excluding hydrogens is 290 g/mol. The number of fused-ring (bicyclic) bond motifs is 1. The summed E-state index contributed by atoms with van der Waals surface area (Å²) in [5, 5.41) is 11.2. The van der Waals surface area contributed by atoms with E-state index in [2.05, 4.69) is 0 Å². The average molecular weight is 299 g/mol. The van der Waals surface area contributed by atoms with Gasteiger partial charge in [-0.05, 0) is 24.0 Å². The van der Waals surface area contributed by atoms with Crippen molar-refractivity contribution in [2.24, 2.45) is 0 Å². The third-order valence-electron chi connectivity index (χ3n) is 2.03. The molecule has 0 aromatic heterocycles. The largest absolute Gasteiger partial charge is 4.00 e. The Labute approximate surface area is 123 Å². The molecule has 80 valence electrons. The Hall–Kier alpha value is 0.344. The fourth-order valence-electron chi connectivity index (χ4n) is 1.45. The molecule has 0 radical (unpaired) electrons. The van der Waals surface area contributed by atoms with Crippen LogP contribution in [0.15, 0.2) is 30.3 Å². The summed E-state index contributed by atoms with van der Waals surface area (Å²) in [6.45, 7) is 0. The standard InChI is InChI=1S/C10H10O.3ClH.Ti/c11-10-7-3-5-8-4-1-2-6-9(8)10;;;;/h1-2,4,6-7,11H,3,5H2;3*1H;/q;;;;+4/p-4. The normalized spacial score (nSPS) is 11.3. The molecule has 0 fully saturated rings. The molecule has 0 aliphatic heterocycles. The smallest absolute Gasteiger partial charge is 1.00 e. The van der Waals surface area contributed by atoms with E-state index >= 15 is 0 Å². The minimum atomic E-state index is 0. The van der Waals surface area contributed by atoms with Crippen molar-refractivity contribution < 1.29 is 64.0 Å². The van der Waals surface area contributed by atoms with Gasteiger partial charge in [0.15, 0.2) is 0 Å². The van der Waals surface area contributed by atoms with Crippen molar-refractivity contribution in [3.63, 3.8) is 0 Å². The molecule has 0 unspecified atom stereocenters. The number of halogens is 3. The fraction of sp³-hybridized carbons (Fsp3) is 0.200. The molecule has 1 aromatic carbocycles. The quantitative estimate of drug-likeness (QED) is 0.437. The van der Waals surface area contributed by atoms with E-state index in [-0.39, 0.29) is 64.7 Å². The fourth-order valence-corrected chi connectivity index (χ4v) is 1.45. The molecule has 0 amide bonds. The number of rotatable bonds is 0. The van der Waals surface area contributed by atoms with Gasteiger partial charge in [-0.1, -0.05) is 30.3 Å². The van der Waals surface area contributed by atoms with Crippen LogP contribution >= 0.6 is 0 Å². The third kappa shape index (κ3) is 4.80.